The lowest BCUT2D eigenvalue weighted by Gasteiger charge is -2.12. The third-order valence-corrected chi connectivity index (χ3v) is 5.38. The molecule has 0 fully saturated rings. The summed E-state index contributed by atoms with van der Waals surface area (Å²) in [4.78, 5) is 26.1. The Labute approximate surface area is 136 Å². The average Bonchev–Trinajstić information content (AvgIpc) is 2.94. The van der Waals surface area contributed by atoms with Crippen LogP contribution < -0.4 is 5.32 Å². The van der Waals surface area contributed by atoms with Gasteiger partial charge in [0, 0.05) is 16.3 Å². The molecule has 0 aliphatic carbocycles. The Morgan fingerprint density at radius 3 is 3.05 bits per heavy atom. The molecular weight excluding hydrogens is 318 g/mol. The van der Waals surface area contributed by atoms with E-state index in [-0.39, 0.29) is 18.3 Å². The van der Waals surface area contributed by atoms with Crippen LogP contribution in [-0.4, -0.2) is 24.9 Å². The Bertz CT molecular complexity index is 724. The molecule has 1 N–H and O–H groups in total. The Morgan fingerprint density at radius 1 is 1.36 bits per heavy atom. The Balaban J connectivity index is 1.92. The van der Waals surface area contributed by atoms with Crippen LogP contribution >= 0.6 is 23.1 Å². The largest absolute Gasteiger partial charge is 0.465 e. The van der Waals surface area contributed by atoms with Crippen LogP contribution in [0.25, 0.3) is 0 Å². The second-order valence-corrected chi connectivity index (χ2v) is 6.66. The van der Waals surface area contributed by atoms with E-state index in [0.29, 0.717) is 17.9 Å². The highest BCUT2D eigenvalue weighted by Crippen LogP contribution is 2.38. The number of thiophene rings is 1. The van der Waals surface area contributed by atoms with Gasteiger partial charge in [0.15, 0.2) is 0 Å². The van der Waals surface area contributed by atoms with Crippen molar-refractivity contribution in [2.45, 2.75) is 17.6 Å². The van der Waals surface area contributed by atoms with Crippen molar-refractivity contribution in [3.8, 4) is 0 Å². The van der Waals surface area contributed by atoms with Crippen LogP contribution in [-0.2, 0) is 15.3 Å². The first-order chi connectivity index (χ1) is 10.7. The van der Waals surface area contributed by atoms with E-state index in [4.69, 9.17) is 4.74 Å². The van der Waals surface area contributed by atoms with Gasteiger partial charge in [-0.05, 0) is 36.1 Å². The van der Waals surface area contributed by atoms with Gasteiger partial charge in [-0.2, -0.15) is 0 Å². The standard InChI is InChI=1S/C16H15NO3S2/c1-2-20-13(18)8-17-11-4-3-5-12-14(11)15(19)16-10(9-22-12)6-7-21-16/h3-7,17H,2,8-9H2,1H3. The van der Waals surface area contributed by atoms with Crippen LogP contribution in [0.4, 0.5) is 5.69 Å². The summed E-state index contributed by atoms with van der Waals surface area (Å²) in [7, 11) is 0. The van der Waals surface area contributed by atoms with Crippen LogP contribution in [0.3, 0.4) is 0 Å². The summed E-state index contributed by atoms with van der Waals surface area (Å²) in [5.41, 5.74) is 2.41. The molecule has 0 bridgehead atoms. The van der Waals surface area contributed by atoms with Gasteiger partial charge in [0.1, 0.15) is 6.54 Å². The maximum Gasteiger partial charge on any atom is 0.325 e. The fraction of sp³-hybridized carbons (Fsp3) is 0.250. The minimum absolute atomic E-state index is 0.0250. The molecule has 1 aromatic carbocycles. The minimum atomic E-state index is -0.328. The highest BCUT2D eigenvalue weighted by atomic mass is 32.2. The number of ether oxygens (including phenoxy) is 1. The van der Waals surface area contributed by atoms with Crippen molar-refractivity contribution in [1.29, 1.82) is 0 Å². The number of benzene rings is 1. The van der Waals surface area contributed by atoms with Crippen LogP contribution in [0, 0.1) is 0 Å². The minimum Gasteiger partial charge on any atom is -0.465 e. The van der Waals surface area contributed by atoms with Crippen molar-refractivity contribution in [2.75, 3.05) is 18.5 Å². The van der Waals surface area contributed by atoms with E-state index in [2.05, 4.69) is 5.32 Å². The van der Waals surface area contributed by atoms with Gasteiger partial charge >= 0.3 is 5.97 Å². The first-order valence-electron chi connectivity index (χ1n) is 6.97. The molecule has 4 nitrogen and oxygen atoms in total. The van der Waals surface area contributed by atoms with Gasteiger partial charge in [0.25, 0.3) is 0 Å². The van der Waals surface area contributed by atoms with Crippen LogP contribution in [0.5, 0.6) is 0 Å². The van der Waals surface area contributed by atoms with E-state index < -0.39 is 0 Å². The molecule has 0 saturated carbocycles. The first-order valence-corrected chi connectivity index (χ1v) is 8.83. The topological polar surface area (TPSA) is 55.4 Å². The molecule has 22 heavy (non-hydrogen) atoms. The number of carbonyl (C=O) groups excluding carboxylic acids is 2. The Hall–Kier alpha value is -1.79. The molecule has 0 saturated heterocycles. The predicted molar refractivity (Wildman–Crippen MR) is 88.9 cm³/mol. The molecule has 0 unspecified atom stereocenters. The molecular formula is C16H15NO3S2. The Kier molecular flexibility index (Phi) is 4.49. The van der Waals surface area contributed by atoms with E-state index in [1.807, 2.05) is 29.6 Å². The normalized spacial score (nSPS) is 13.0. The maximum atomic E-state index is 12.8. The fourth-order valence-corrected chi connectivity index (χ4v) is 4.36. The lowest BCUT2D eigenvalue weighted by atomic mass is 10.1. The lowest BCUT2D eigenvalue weighted by Crippen LogP contribution is -2.18. The summed E-state index contributed by atoms with van der Waals surface area (Å²) < 4.78 is 4.91. The van der Waals surface area contributed by atoms with Crippen molar-refractivity contribution in [3.63, 3.8) is 0 Å². The van der Waals surface area contributed by atoms with E-state index >= 15 is 0 Å². The summed E-state index contributed by atoms with van der Waals surface area (Å²) in [6.45, 7) is 2.17. The fourth-order valence-electron chi connectivity index (χ4n) is 2.33. The van der Waals surface area contributed by atoms with E-state index in [0.717, 1.165) is 21.1 Å². The van der Waals surface area contributed by atoms with Crippen LogP contribution in [0.2, 0.25) is 0 Å². The molecule has 3 rings (SSSR count). The molecule has 6 heteroatoms. The number of carbonyl (C=O) groups is 2. The van der Waals surface area contributed by atoms with Crippen LogP contribution in [0.1, 0.15) is 27.7 Å². The Morgan fingerprint density at radius 2 is 2.23 bits per heavy atom. The summed E-state index contributed by atoms with van der Waals surface area (Å²) in [5, 5.41) is 4.98. The van der Waals surface area contributed by atoms with Gasteiger partial charge in [-0.3, -0.25) is 9.59 Å². The van der Waals surface area contributed by atoms with Gasteiger partial charge in [-0.1, -0.05) is 6.07 Å². The number of rotatable bonds is 4. The molecule has 2 aromatic rings. The monoisotopic (exact) mass is 333 g/mol. The second-order valence-electron chi connectivity index (χ2n) is 4.73. The first kappa shape index (κ1) is 15.1. The van der Waals surface area contributed by atoms with Crippen molar-refractivity contribution in [1.82, 2.24) is 0 Å². The molecule has 1 aliphatic heterocycles. The van der Waals surface area contributed by atoms with Crippen molar-refractivity contribution in [3.05, 3.63) is 45.6 Å². The highest BCUT2D eigenvalue weighted by molar-refractivity contribution is 7.98. The number of hydrogen-bond donors (Lipinski definition) is 1. The highest BCUT2D eigenvalue weighted by Gasteiger charge is 2.25. The third kappa shape index (κ3) is 2.89. The quantitative estimate of drug-likeness (QED) is 0.867. The van der Waals surface area contributed by atoms with E-state index in [1.54, 1.807) is 18.7 Å². The SMILES string of the molecule is CCOC(=O)CNc1cccc2c1C(=O)c1sccc1CS2. The molecule has 1 aliphatic rings. The summed E-state index contributed by atoms with van der Waals surface area (Å²) in [6, 6.07) is 7.67. The smallest absolute Gasteiger partial charge is 0.325 e. The molecule has 0 atom stereocenters. The lowest BCUT2D eigenvalue weighted by molar-refractivity contribution is -0.140. The second kappa shape index (κ2) is 6.54. The number of nitrogens with one attached hydrogen (secondary N) is 1. The van der Waals surface area contributed by atoms with Crippen molar-refractivity contribution in [2.24, 2.45) is 0 Å². The van der Waals surface area contributed by atoms with Gasteiger partial charge < -0.3 is 10.1 Å². The maximum absolute atomic E-state index is 12.8. The van der Waals surface area contributed by atoms with Crippen molar-refractivity contribution >= 4 is 40.5 Å². The van der Waals surface area contributed by atoms with Gasteiger partial charge in [-0.15, -0.1) is 23.1 Å². The number of hydrogen-bond acceptors (Lipinski definition) is 6. The van der Waals surface area contributed by atoms with Crippen LogP contribution in [0.15, 0.2) is 34.5 Å². The summed E-state index contributed by atoms with van der Waals surface area (Å²) in [5.74, 6) is 0.487. The summed E-state index contributed by atoms with van der Waals surface area (Å²) in [6.07, 6.45) is 0. The third-order valence-electron chi connectivity index (χ3n) is 3.32. The zero-order valence-corrected chi connectivity index (χ0v) is 13.7. The van der Waals surface area contributed by atoms with E-state index in [1.165, 1.54) is 11.3 Å². The number of esters is 1. The molecule has 0 spiro atoms. The molecule has 1 aromatic heterocycles. The van der Waals surface area contributed by atoms with Gasteiger partial charge in [0.2, 0.25) is 5.78 Å². The van der Waals surface area contributed by atoms with E-state index in [9.17, 15) is 9.59 Å². The number of fused-ring (bicyclic) bond motifs is 2. The molecule has 0 amide bonds. The zero-order valence-electron chi connectivity index (χ0n) is 12.0. The predicted octanol–water partition coefficient (Wildman–Crippen LogP) is 3.56. The van der Waals surface area contributed by atoms with Crippen molar-refractivity contribution < 1.29 is 14.3 Å². The summed E-state index contributed by atoms with van der Waals surface area (Å²) >= 11 is 3.12. The van der Waals surface area contributed by atoms with Gasteiger partial charge in [0.05, 0.1) is 17.0 Å². The molecule has 114 valence electrons. The molecule has 2 heterocycles. The van der Waals surface area contributed by atoms with Gasteiger partial charge in [-0.25, -0.2) is 0 Å². The molecule has 0 radical (unpaired) electrons. The average molecular weight is 333 g/mol. The number of thioether (sulfide) groups is 1. The number of ketones is 1. The zero-order chi connectivity index (χ0) is 15.5. The number of anilines is 1.